The van der Waals surface area contributed by atoms with Crippen molar-refractivity contribution in [3.05, 3.63) is 33.9 Å². The average Bonchev–Trinajstić information content (AvgIpc) is 2.73. The van der Waals surface area contributed by atoms with Crippen molar-refractivity contribution in [2.24, 2.45) is 22.3 Å². The van der Waals surface area contributed by atoms with E-state index in [0.717, 1.165) is 25.7 Å². The minimum Gasteiger partial charge on any atom is -0.383 e. The van der Waals surface area contributed by atoms with Crippen molar-refractivity contribution >= 4 is 40.9 Å². The lowest BCUT2D eigenvalue weighted by molar-refractivity contribution is 0.0544. The average molecular weight is 477 g/mol. The van der Waals surface area contributed by atoms with Gasteiger partial charge in [-0.3, -0.25) is 4.79 Å². The zero-order valence-electron chi connectivity index (χ0n) is 18.5. The maximum atomic E-state index is 12.4. The van der Waals surface area contributed by atoms with Crippen molar-refractivity contribution < 1.29 is 4.79 Å². The second-order valence-electron chi connectivity index (χ2n) is 9.80. The molecular weight excluding hydrogens is 447 g/mol. The molecule has 9 heteroatoms. The quantitative estimate of drug-likeness (QED) is 0.607. The van der Waals surface area contributed by atoms with Gasteiger partial charge in [0.05, 0.1) is 15.6 Å². The molecule has 1 saturated heterocycles. The van der Waals surface area contributed by atoms with Crippen molar-refractivity contribution in [3.8, 4) is 11.1 Å². The number of benzene rings is 1. The summed E-state index contributed by atoms with van der Waals surface area (Å²) in [5.74, 6) is -0.173. The van der Waals surface area contributed by atoms with Crippen LogP contribution in [0.4, 0.5) is 11.8 Å². The number of primary amides is 1. The van der Waals surface area contributed by atoms with Gasteiger partial charge in [-0.15, -0.1) is 0 Å². The summed E-state index contributed by atoms with van der Waals surface area (Å²) < 4.78 is 0. The van der Waals surface area contributed by atoms with E-state index in [0.29, 0.717) is 35.2 Å². The van der Waals surface area contributed by atoms with Gasteiger partial charge in [0.1, 0.15) is 11.5 Å². The number of carbonyl (C=O) groups excluding carboxylic acids is 1. The van der Waals surface area contributed by atoms with Gasteiger partial charge >= 0.3 is 0 Å². The predicted octanol–water partition coefficient (Wildman–Crippen LogP) is 4.26. The van der Waals surface area contributed by atoms with E-state index in [1.807, 2.05) is 0 Å². The summed E-state index contributed by atoms with van der Waals surface area (Å²) in [6.45, 7) is 5.87. The fourth-order valence-corrected chi connectivity index (χ4v) is 5.95. The first-order valence-corrected chi connectivity index (χ1v) is 11.7. The first kappa shape index (κ1) is 23.1. The van der Waals surface area contributed by atoms with Crippen LogP contribution in [0, 0.1) is 10.8 Å². The molecule has 2 bridgehead atoms. The van der Waals surface area contributed by atoms with E-state index in [4.69, 9.17) is 40.4 Å². The number of halogens is 2. The molecule has 1 aromatic carbocycles. The molecule has 4 rings (SSSR count). The van der Waals surface area contributed by atoms with Crippen molar-refractivity contribution in [2.45, 2.75) is 52.0 Å². The van der Waals surface area contributed by atoms with Gasteiger partial charge in [0.2, 0.25) is 5.95 Å². The number of nitrogens with zero attached hydrogens (tertiary/aromatic N) is 3. The Hall–Kier alpha value is -2.09. The molecular formula is C23H30Cl2N6O. The number of amides is 1. The van der Waals surface area contributed by atoms with Crippen molar-refractivity contribution in [1.29, 1.82) is 0 Å². The van der Waals surface area contributed by atoms with Crippen LogP contribution in [0.2, 0.25) is 10.0 Å². The molecule has 2 fully saturated rings. The Labute approximate surface area is 198 Å². The van der Waals surface area contributed by atoms with Gasteiger partial charge in [0.25, 0.3) is 5.91 Å². The predicted molar refractivity (Wildman–Crippen MR) is 130 cm³/mol. The van der Waals surface area contributed by atoms with Crippen LogP contribution in [0.25, 0.3) is 11.1 Å². The summed E-state index contributed by atoms with van der Waals surface area (Å²) in [7, 11) is 0. The lowest BCUT2D eigenvalue weighted by Crippen LogP contribution is -2.64. The van der Waals surface area contributed by atoms with Crippen LogP contribution in [0.3, 0.4) is 0 Å². The summed E-state index contributed by atoms with van der Waals surface area (Å²) in [4.78, 5) is 23.7. The Morgan fingerprint density at radius 3 is 2.31 bits per heavy atom. The summed E-state index contributed by atoms with van der Waals surface area (Å²) >= 11 is 12.6. The van der Waals surface area contributed by atoms with Crippen LogP contribution in [0.1, 0.15) is 56.4 Å². The van der Waals surface area contributed by atoms with Crippen LogP contribution in [-0.4, -0.2) is 35.0 Å². The van der Waals surface area contributed by atoms with Crippen LogP contribution in [0.5, 0.6) is 0 Å². The largest absolute Gasteiger partial charge is 0.383 e. The molecule has 2 aromatic rings. The third-order valence-electron chi connectivity index (χ3n) is 7.26. The number of piperidine rings is 1. The summed E-state index contributed by atoms with van der Waals surface area (Å²) in [6.07, 6.45) is 5.59. The zero-order valence-corrected chi connectivity index (χ0v) is 20.0. The van der Waals surface area contributed by atoms with Crippen LogP contribution in [0.15, 0.2) is 18.2 Å². The summed E-state index contributed by atoms with van der Waals surface area (Å²) in [6, 6.07) is 5.17. The molecule has 2 heterocycles. The summed E-state index contributed by atoms with van der Waals surface area (Å²) in [5.41, 5.74) is 19.5. The minimum absolute atomic E-state index is 0.0297. The second-order valence-corrected chi connectivity index (χ2v) is 10.6. The maximum absolute atomic E-state index is 12.4. The lowest BCUT2D eigenvalue weighted by atomic mass is 9.60. The highest BCUT2D eigenvalue weighted by atomic mass is 35.5. The summed E-state index contributed by atoms with van der Waals surface area (Å²) in [5, 5.41) is 0.611. The first-order chi connectivity index (χ1) is 15.1. The van der Waals surface area contributed by atoms with Gasteiger partial charge in [0.15, 0.2) is 0 Å². The third-order valence-corrected chi connectivity index (χ3v) is 8.08. The Balaban J connectivity index is 1.81. The fraction of sp³-hybridized carbons (Fsp3) is 0.522. The SMILES string of the molecule is C[C@]12CCCCC[C@](C)(CN(c3nc(N)c(-c4cccc(Cl)c4Cl)c(C(N)=O)n3)C1)[C@H]2N. The van der Waals surface area contributed by atoms with Crippen molar-refractivity contribution in [2.75, 3.05) is 23.7 Å². The standard InChI is InChI=1S/C23H30Cl2N6O/c1-22-9-4-3-5-10-23(2,20(22)28)12-31(11-22)21-29-17(19(27)32)15(18(26)30-21)13-7-6-8-14(24)16(13)25/h6-8,20H,3-5,9-12,28H2,1-2H3,(H2,27,32)(H2,26,29,30)/t20-,22-,23+. The number of hydrogen-bond acceptors (Lipinski definition) is 6. The number of rotatable bonds is 3. The van der Waals surface area contributed by atoms with Crippen molar-refractivity contribution in [3.63, 3.8) is 0 Å². The van der Waals surface area contributed by atoms with Crippen LogP contribution >= 0.6 is 23.2 Å². The van der Waals surface area contributed by atoms with E-state index in [2.05, 4.69) is 28.7 Å². The van der Waals surface area contributed by atoms with E-state index in [-0.39, 0.29) is 33.4 Å². The number of nitrogen functional groups attached to an aromatic ring is 1. The Morgan fingerprint density at radius 2 is 1.72 bits per heavy atom. The second kappa shape index (κ2) is 8.36. The number of aromatic nitrogens is 2. The maximum Gasteiger partial charge on any atom is 0.268 e. The highest BCUT2D eigenvalue weighted by Gasteiger charge is 2.50. The molecule has 0 spiro atoms. The van der Waals surface area contributed by atoms with Gasteiger partial charge < -0.3 is 22.1 Å². The number of carbonyl (C=O) groups is 1. The molecule has 32 heavy (non-hydrogen) atoms. The van der Waals surface area contributed by atoms with E-state index < -0.39 is 5.91 Å². The minimum atomic E-state index is -0.702. The monoisotopic (exact) mass is 476 g/mol. The molecule has 2 aliphatic rings. The molecule has 1 saturated carbocycles. The Bertz CT molecular complexity index is 1040. The molecule has 7 nitrogen and oxygen atoms in total. The molecule has 172 valence electrons. The fourth-order valence-electron chi connectivity index (χ4n) is 5.56. The Morgan fingerprint density at radius 1 is 1.09 bits per heavy atom. The molecule has 1 aromatic heterocycles. The topological polar surface area (TPSA) is 124 Å². The van der Waals surface area contributed by atoms with E-state index in [9.17, 15) is 4.79 Å². The van der Waals surface area contributed by atoms with E-state index >= 15 is 0 Å². The zero-order chi connectivity index (χ0) is 23.3. The molecule has 6 N–H and O–H groups in total. The van der Waals surface area contributed by atoms with Crippen molar-refractivity contribution in [1.82, 2.24) is 9.97 Å². The number of anilines is 2. The molecule has 0 radical (unpaired) electrons. The van der Waals surface area contributed by atoms with Gasteiger partial charge in [-0.2, -0.15) is 4.98 Å². The lowest BCUT2D eigenvalue weighted by Gasteiger charge is -2.55. The third kappa shape index (κ3) is 3.91. The molecule has 0 unspecified atom stereocenters. The van der Waals surface area contributed by atoms with Crippen LogP contribution in [-0.2, 0) is 0 Å². The van der Waals surface area contributed by atoms with E-state index in [1.54, 1.807) is 18.2 Å². The normalized spacial score (nSPS) is 28.2. The van der Waals surface area contributed by atoms with Gasteiger partial charge in [0, 0.05) is 35.5 Å². The smallest absolute Gasteiger partial charge is 0.268 e. The Kier molecular flexibility index (Phi) is 6.03. The number of fused-ring (bicyclic) bond motifs is 2. The molecule has 3 atom stereocenters. The highest BCUT2D eigenvalue weighted by molar-refractivity contribution is 6.44. The van der Waals surface area contributed by atoms with Gasteiger partial charge in [-0.05, 0) is 18.9 Å². The first-order valence-electron chi connectivity index (χ1n) is 11.0. The number of hydrogen-bond donors (Lipinski definition) is 3. The molecule has 1 aliphatic carbocycles. The molecule has 1 amide bonds. The number of nitrogens with two attached hydrogens (primary N) is 3. The molecule has 1 aliphatic heterocycles. The van der Waals surface area contributed by atoms with Crippen LogP contribution < -0.4 is 22.1 Å². The van der Waals surface area contributed by atoms with E-state index in [1.165, 1.54) is 6.42 Å². The highest BCUT2D eigenvalue weighted by Crippen LogP contribution is 2.48. The van der Waals surface area contributed by atoms with Gasteiger partial charge in [-0.25, -0.2) is 4.98 Å². The van der Waals surface area contributed by atoms with Gasteiger partial charge in [-0.1, -0.05) is 68.4 Å².